The van der Waals surface area contributed by atoms with E-state index in [1.807, 2.05) is 25.7 Å². The van der Waals surface area contributed by atoms with Gasteiger partial charge in [-0.2, -0.15) is 0 Å². The summed E-state index contributed by atoms with van der Waals surface area (Å²) < 4.78 is 0. The molecule has 0 spiro atoms. The molecule has 0 aliphatic carbocycles. The number of nitrogens with zero attached hydrogens (tertiary/aromatic N) is 5. The minimum atomic E-state index is -0.183. The maximum absolute atomic E-state index is 13.0. The Kier molecular flexibility index (Phi) is 6.34. The SMILES string of the molecule is CCN(CC)C(=O)c1cnc([C@H]2CCCCN2C(=O)c2cccnc2)nc1C. The Morgan fingerprint density at radius 3 is 2.64 bits per heavy atom. The van der Waals surface area contributed by atoms with E-state index in [4.69, 9.17) is 0 Å². The summed E-state index contributed by atoms with van der Waals surface area (Å²) >= 11 is 0. The first-order valence-corrected chi connectivity index (χ1v) is 9.90. The Balaban J connectivity index is 1.87. The van der Waals surface area contributed by atoms with Crippen molar-refractivity contribution in [3.8, 4) is 0 Å². The highest BCUT2D eigenvalue weighted by Gasteiger charge is 2.31. The lowest BCUT2D eigenvalue weighted by atomic mass is 10.00. The second kappa shape index (κ2) is 8.91. The molecule has 2 aromatic rings. The highest BCUT2D eigenvalue weighted by Crippen LogP contribution is 2.30. The van der Waals surface area contributed by atoms with Gasteiger partial charge in [-0.15, -0.1) is 0 Å². The third-order valence-corrected chi connectivity index (χ3v) is 5.25. The predicted octanol–water partition coefficient (Wildman–Crippen LogP) is 3.03. The topological polar surface area (TPSA) is 79.3 Å². The Bertz CT molecular complexity index is 836. The summed E-state index contributed by atoms with van der Waals surface area (Å²) in [5.41, 5.74) is 1.74. The molecule has 1 aliphatic heterocycles. The van der Waals surface area contributed by atoms with E-state index in [1.54, 1.807) is 35.6 Å². The van der Waals surface area contributed by atoms with Gasteiger partial charge >= 0.3 is 0 Å². The molecule has 148 valence electrons. The normalized spacial score (nSPS) is 16.7. The van der Waals surface area contributed by atoms with Crippen molar-refractivity contribution in [2.24, 2.45) is 0 Å². The number of hydrogen-bond acceptors (Lipinski definition) is 5. The Labute approximate surface area is 165 Å². The number of aryl methyl sites for hydroxylation is 1. The average Bonchev–Trinajstić information content (AvgIpc) is 2.74. The molecule has 1 fully saturated rings. The monoisotopic (exact) mass is 381 g/mol. The van der Waals surface area contributed by atoms with Crippen LogP contribution in [0.4, 0.5) is 0 Å². The molecule has 0 aromatic carbocycles. The minimum absolute atomic E-state index is 0.0534. The van der Waals surface area contributed by atoms with Gasteiger partial charge in [0.15, 0.2) is 5.82 Å². The zero-order chi connectivity index (χ0) is 20.1. The number of amides is 2. The van der Waals surface area contributed by atoms with Crippen LogP contribution in [0.3, 0.4) is 0 Å². The van der Waals surface area contributed by atoms with E-state index in [-0.39, 0.29) is 17.9 Å². The molecule has 0 N–H and O–H groups in total. The van der Waals surface area contributed by atoms with E-state index in [0.717, 1.165) is 19.3 Å². The first-order chi connectivity index (χ1) is 13.6. The van der Waals surface area contributed by atoms with Crippen LogP contribution < -0.4 is 0 Å². The van der Waals surface area contributed by atoms with Gasteiger partial charge in [0.2, 0.25) is 0 Å². The van der Waals surface area contributed by atoms with Crippen molar-refractivity contribution in [3.63, 3.8) is 0 Å². The van der Waals surface area contributed by atoms with Crippen LogP contribution in [-0.2, 0) is 0 Å². The Hall–Kier alpha value is -2.83. The van der Waals surface area contributed by atoms with Gasteiger partial charge in [-0.25, -0.2) is 9.97 Å². The van der Waals surface area contributed by atoms with Crippen molar-refractivity contribution < 1.29 is 9.59 Å². The maximum atomic E-state index is 13.0. The van der Waals surface area contributed by atoms with Crippen molar-refractivity contribution in [1.82, 2.24) is 24.8 Å². The first-order valence-electron chi connectivity index (χ1n) is 9.90. The van der Waals surface area contributed by atoms with Gasteiger partial charge in [0.25, 0.3) is 11.8 Å². The van der Waals surface area contributed by atoms with Crippen LogP contribution >= 0.6 is 0 Å². The molecule has 0 radical (unpaired) electrons. The summed E-state index contributed by atoms with van der Waals surface area (Å²) in [4.78, 5) is 42.4. The number of aromatic nitrogens is 3. The van der Waals surface area contributed by atoms with Gasteiger partial charge in [-0.05, 0) is 52.2 Å². The summed E-state index contributed by atoms with van der Waals surface area (Å²) in [6.45, 7) is 7.70. The van der Waals surface area contributed by atoms with Crippen LogP contribution in [0, 0.1) is 6.92 Å². The fourth-order valence-corrected chi connectivity index (χ4v) is 3.63. The number of pyridine rings is 1. The van der Waals surface area contributed by atoms with Crippen molar-refractivity contribution >= 4 is 11.8 Å². The second-order valence-corrected chi connectivity index (χ2v) is 6.96. The van der Waals surface area contributed by atoms with Crippen LogP contribution in [0.1, 0.15) is 71.4 Å². The van der Waals surface area contributed by atoms with Crippen LogP contribution in [0.5, 0.6) is 0 Å². The van der Waals surface area contributed by atoms with Crippen molar-refractivity contribution in [2.45, 2.75) is 46.1 Å². The largest absolute Gasteiger partial charge is 0.339 e. The van der Waals surface area contributed by atoms with Gasteiger partial charge in [0, 0.05) is 38.2 Å². The molecule has 7 nitrogen and oxygen atoms in total. The second-order valence-electron chi connectivity index (χ2n) is 6.96. The van der Waals surface area contributed by atoms with E-state index < -0.39 is 0 Å². The van der Waals surface area contributed by atoms with Crippen LogP contribution in [0.15, 0.2) is 30.7 Å². The number of piperidine rings is 1. The smallest absolute Gasteiger partial charge is 0.257 e. The van der Waals surface area contributed by atoms with Crippen LogP contribution in [0.25, 0.3) is 0 Å². The molecule has 3 heterocycles. The highest BCUT2D eigenvalue weighted by molar-refractivity contribution is 5.95. The number of likely N-dealkylation sites (tertiary alicyclic amines) is 1. The lowest BCUT2D eigenvalue weighted by molar-refractivity contribution is 0.0597. The molecule has 3 rings (SSSR count). The van der Waals surface area contributed by atoms with E-state index in [9.17, 15) is 9.59 Å². The molecular formula is C21H27N5O2. The van der Waals surface area contributed by atoms with Gasteiger partial charge in [0.1, 0.15) is 0 Å². The van der Waals surface area contributed by atoms with Crippen LogP contribution in [-0.4, -0.2) is 56.2 Å². The van der Waals surface area contributed by atoms with Crippen molar-refractivity contribution in [1.29, 1.82) is 0 Å². The molecule has 2 aromatic heterocycles. The fourth-order valence-electron chi connectivity index (χ4n) is 3.63. The van der Waals surface area contributed by atoms with E-state index in [0.29, 0.717) is 42.3 Å². The van der Waals surface area contributed by atoms with E-state index >= 15 is 0 Å². The van der Waals surface area contributed by atoms with Gasteiger partial charge in [-0.3, -0.25) is 14.6 Å². The summed E-state index contributed by atoms with van der Waals surface area (Å²) in [7, 11) is 0. The molecule has 0 unspecified atom stereocenters. The minimum Gasteiger partial charge on any atom is -0.339 e. The number of hydrogen-bond donors (Lipinski definition) is 0. The summed E-state index contributed by atoms with van der Waals surface area (Å²) in [6.07, 6.45) is 7.65. The van der Waals surface area contributed by atoms with Gasteiger partial charge in [0.05, 0.1) is 22.9 Å². The summed E-state index contributed by atoms with van der Waals surface area (Å²) in [5.74, 6) is 0.494. The van der Waals surface area contributed by atoms with Gasteiger partial charge < -0.3 is 9.80 Å². The zero-order valence-electron chi connectivity index (χ0n) is 16.8. The third kappa shape index (κ3) is 4.03. The molecule has 1 aliphatic rings. The van der Waals surface area contributed by atoms with Crippen molar-refractivity contribution in [3.05, 3.63) is 53.4 Å². The third-order valence-electron chi connectivity index (χ3n) is 5.25. The van der Waals surface area contributed by atoms with Crippen LogP contribution in [0.2, 0.25) is 0 Å². The summed E-state index contributed by atoms with van der Waals surface area (Å²) in [5, 5.41) is 0. The lowest BCUT2D eigenvalue weighted by Gasteiger charge is -2.35. The Morgan fingerprint density at radius 1 is 1.21 bits per heavy atom. The summed E-state index contributed by atoms with van der Waals surface area (Å²) in [6, 6.07) is 3.36. The average molecular weight is 381 g/mol. The Morgan fingerprint density at radius 2 is 2.00 bits per heavy atom. The number of carbonyl (C=O) groups is 2. The molecule has 1 saturated heterocycles. The predicted molar refractivity (Wildman–Crippen MR) is 106 cm³/mol. The maximum Gasteiger partial charge on any atom is 0.257 e. The lowest BCUT2D eigenvalue weighted by Crippen LogP contribution is -2.39. The number of carbonyl (C=O) groups excluding carboxylic acids is 2. The molecule has 28 heavy (non-hydrogen) atoms. The first kappa shape index (κ1) is 19.9. The number of rotatable bonds is 5. The quantitative estimate of drug-likeness (QED) is 0.795. The molecule has 0 bridgehead atoms. The standard InChI is InChI=1S/C21H27N5O2/c1-4-25(5-2)21(28)17-14-23-19(24-15(17)3)18-10-6-7-12-26(18)20(27)16-9-8-11-22-13-16/h8-9,11,13-14,18H,4-7,10,12H2,1-3H3/t18-/m1/s1. The fraction of sp³-hybridized carbons (Fsp3) is 0.476. The zero-order valence-corrected chi connectivity index (χ0v) is 16.8. The van der Waals surface area contributed by atoms with E-state index in [1.165, 1.54) is 0 Å². The molecular weight excluding hydrogens is 354 g/mol. The van der Waals surface area contributed by atoms with Gasteiger partial charge in [-0.1, -0.05) is 0 Å². The molecule has 7 heteroatoms. The highest BCUT2D eigenvalue weighted by atomic mass is 16.2. The molecule has 1 atom stereocenters. The van der Waals surface area contributed by atoms with E-state index in [2.05, 4.69) is 15.0 Å². The van der Waals surface area contributed by atoms with Crippen molar-refractivity contribution in [2.75, 3.05) is 19.6 Å². The molecule has 2 amide bonds. The molecule has 0 saturated carbocycles.